The molecule has 0 N–H and O–H groups in total. The van der Waals surface area contributed by atoms with Crippen molar-refractivity contribution in [2.45, 2.75) is 76.2 Å². The molecule has 0 aromatic carbocycles. The largest absolute Gasteiger partial charge is 0.516 e. The van der Waals surface area contributed by atoms with Gasteiger partial charge in [-0.15, -0.1) is 0 Å². The SMILES string of the molecule is CCCCCCOCCN(C(=O)C(=O)N(CCOCCCCCC)S(=O)(=O)C(F)(F)F)S(=O)(=O)C(F)(F)F. The predicted molar refractivity (Wildman–Crippen MR) is 123 cm³/mol. The number of sulfonamides is 2. The van der Waals surface area contributed by atoms with E-state index in [4.69, 9.17) is 9.47 Å². The van der Waals surface area contributed by atoms with E-state index < -0.39 is 77.8 Å². The summed E-state index contributed by atoms with van der Waals surface area (Å²) in [6, 6.07) is 0. The summed E-state index contributed by atoms with van der Waals surface area (Å²) in [5.74, 6) is -5.29. The Labute approximate surface area is 218 Å². The van der Waals surface area contributed by atoms with Crippen molar-refractivity contribution in [2.24, 2.45) is 0 Å². The molecular formula is C20H34F6N2O8S2. The van der Waals surface area contributed by atoms with Gasteiger partial charge in [-0.1, -0.05) is 52.4 Å². The Hall–Kier alpha value is -1.66. The number of alkyl halides is 6. The van der Waals surface area contributed by atoms with E-state index in [2.05, 4.69) is 0 Å². The lowest BCUT2D eigenvalue weighted by molar-refractivity contribution is -0.148. The van der Waals surface area contributed by atoms with Gasteiger partial charge < -0.3 is 9.47 Å². The van der Waals surface area contributed by atoms with Crippen LogP contribution in [0.25, 0.3) is 0 Å². The second kappa shape index (κ2) is 16.4. The van der Waals surface area contributed by atoms with Crippen molar-refractivity contribution in [3.63, 3.8) is 0 Å². The molecular weight excluding hydrogens is 574 g/mol. The lowest BCUT2D eigenvalue weighted by Crippen LogP contribution is -2.55. The molecule has 0 radical (unpaired) electrons. The highest BCUT2D eigenvalue weighted by atomic mass is 32.2. The topological polar surface area (TPSA) is 127 Å². The van der Waals surface area contributed by atoms with Crippen molar-refractivity contribution in [3.05, 3.63) is 0 Å². The maximum absolute atomic E-state index is 13.2. The number of hydrogen-bond acceptors (Lipinski definition) is 8. The molecule has 0 spiro atoms. The first kappa shape index (κ1) is 36.3. The van der Waals surface area contributed by atoms with Gasteiger partial charge in [-0.05, 0) is 12.8 Å². The fourth-order valence-corrected chi connectivity index (χ4v) is 4.61. The van der Waals surface area contributed by atoms with E-state index in [0.717, 1.165) is 25.7 Å². The predicted octanol–water partition coefficient (Wildman–Crippen LogP) is 3.54. The van der Waals surface area contributed by atoms with Crippen LogP contribution in [0, 0.1) is 0 Å². The van der Waals surface area contributed by atoms with Crippen LogP contribution in [0.15, 0.2) is 0 Å². The molecule has 0 fully saturated rings. The van der Waals surface area contributed by atoms with Gasteiger partial charge in [-0.2, -0.15) is 43.2 Å². The Morgan fingerprint density at radius 2 is 0.895 bits per heavy atom. The van der Waals surface area contributed by atoms with Crippen molar-refractivity contribution in [1.82, 2.24) is 8.61 Å². The average molecular weight is 609 g/mol. The monoisotopic (exact) mass is 608 g/mol. The molecule has 0 atom stereocenters. The fraction of sp³-hybridized carbons (Fsp3) is 0.900. The van der Waals surface area contributed by atoms with E-state index >= 15 is 0 Å². The van der Waals surface area contributed by atoms with Crippen molar-refractivity contribution < 1.29 is 62.2 Å². The summed E-state index contributed by atoms with van der Waals surface area (Å²) in [7, 11) is -13.2. The van der Waals surface area contributed by atoms with Crippen molar-refractivity contribution in [3.8, 4) is 0 Å². The van der Waals surface area contributed by atoms with E-state index in [-0.39, 0.29) is 13.2 Å². The number of amides is 2. The van der Waals surface area contributed by atoms with Crippen LogP contribution in [0.4, 0.5) is 26.3 Å². The van der Waals surface area contributed by atoms with Crippen LogP contribution < -0.4 is 0 Å². The second-order valence-corrected chi connectivity index (χ2v) is 11.7. The van der Waals surface area contributed by atoms with Gasteiger partial charge in [0, 0.05) is 13.2 Å². The third kappa shape index (κ3) is 11.2. The molecule has 10 nitrogen and oxygen atoms in total. The Bertz CT molecular complexity index is 864. The third-order valence-electron chi connectivity index (χ3n) is 4.96. The maximum Gasteiger partial charge on any atom is 0.516 e. The number of ether oxygens (including phenoxy) is 2. The van der Waals surface area contributed by atoms with Gasteiger partial charge in [0.2, 0.25) is 0 Å². The minimum absolute atomic E-state index is 0.0355. The van der Waals surface area contributed by atoms with E-state index in [1.807, 2.05) is 13.8 Å². The molecule has 0 aliphatic rings. The summed E-state index contributed by atoms with van der Waals surface area (Å²) in [4.78, 5) is 25.0. The molecule has 0 aliphatic carbocycles. The lowest BCUT2D eigenvalue weighted by atomic mass is 10.2. The van der Waals surface area contributed by atoms with Crippen molar-refractivity contribution in [2.75, 3.05) is 39.5 Å². The average Bonchev–Trinajstić information content (AvgIpc) is 2.80. The Morgan fingerprint density at radius 1 is 0.579 bits per heavy atom. The highest BCUT2D eigenvalue weighted by Crippen LogP contribution is 2.29. The minimum atomic E-state index is -6.59. The fourth-order valence-electron chi connectivity index (χ4n) is 2.89. The highest BCUT2D eigenvalue weighted by Gasteiger charge is 2.56. The van der Waals surface area contributed by atoms with Crippen LogP contribution in [-0.4, -0.2) is 87.8 Å². The summed E-state index contributed by atoms with van der Waals surface area (Å²) in [5.41, 5.74) is -12.3. The lowest BCUT2D eigenvalue weighted by Gasteiger charge is -2.27. The zero-order valence-corrected chi connectivity index (χ0v) is 22.8. The van der Waals surface area contributed by atoms with Crippen LogP contribution in [-0.2, 0) is 39.1 Å². The molecule has 0 aliphatic heterocycles. The number of carbonyl (C=O) groups excluding carboxylic acids is 2. The van der Waals surface area contributed by atoms with Gasteiger partial charge in [0.1, 0.15) is 0 Å². The van der Waals surface area contributed by atoms with Crippen molar-refractivity contribution in [1.29, 1.82) is 0 Å². The van der Waals surface area contributed by atoms with E-state index in [1.54, 1.807) is 0 Å². The molecule has 0 saturated heterocycles. The molecule has 0 bridgehead atoms. The zero-order valence-electron chi connectivity index (χ0n) is 21.1. The first-order valence-corrected chi connectivity index (χ1v) is 14.8. The first-order valence-electron chi connectivity index (χ1n) is 11.9. The molecule has 0 heterocycles. The van der Waals surface area contributed by atoms with Gasteiger partial charge in [0.25, 0.3) is 0 Å². The molecule has 2 amide bonds. The standard InChI is InChI=1S/C20H34F6N2O8S2/c1-3-5-7-9-13-35-15-11-27(37(31,32)19(21,22)23)17(29)18(30)28(38(33,34)20(24,25)26)12-16-36-14-10-8-6-4-2/h3-16H2,1-2H3. The molecule has 226 valence electrons. The normalized spacial score (nSPS) is 12.9. The molecule has 0 unspecified atom stereocenters. The summed E-state index contributed by atoms with van der Waals surface area (Å²) < 4.78 is 134. The zero-order chi connectivity index (χ0) is 29.6. The summed E-state index contributed by atoms with van der Waals surface area (Å²) in [6.07, 6.45) is 5.61. The molecule has 0 aromatic heterocycles. The Kier molecular flexibility index (Phi) is 15.7. The van der Waals surface area contributed by atoms with Crippen LogP contribution in [0.3, 0.4) is 0 Å². The summed E-state index contributed by atoms with van der Waals surface area (Å²) >= 11 is 0. The molecule has 18 heteroatoms. The van der Waals surface area contributed by atoms with E-state index in [0.29, 0.717) is 25.7 Å². The number of nitrogens with zero attached hydrogens (tertiary/aromatic N) is 2. The van der Waals surface area contributed by atoms with Crippen LogP contribution in [0.5, 0.6) is 0 Å². The van der Waals surface area contributed by atoms with Crippen LogP contribution in [0.2, 0.25) is 0 Å². The number of halogens is 6. The molecule has 0 aromatic rings. The molecule has 0 saturated carbocycles. The number of hydrogen-bond donors (Lipinski definition) is 0. The van der Waals surface area contributed by atoms with Crippen molar-refractivity contribution >= 4 is 31.9 Å². The Morgan fingerprint density at radius 3 is 1.16 bits per heavy atom. The highest BCUT2D eigenvalue weighted by molar-refractivity contribution is 7.91. The number of unbranched alkanes of at least 4 members (excludes halogenated alkanes) is 6. The molecule has 0 rings (SSSR count). The van der Waals surface area contributed by atoms with Gasteiger partial charge >= 0.3 is 42.9 Å². The van der Waals surface area contributed by atoms with Gasteiger partial charge in [0.15, 0.2) is 0 Å². The van der Waals surface area contributed by atoms with Crippen LogP contribution in [0.1, 0.15) is 65.2 Å². The summed E-state index contributed by atoms with van der Waals surface area (Å²) in [5, 5.41) is 0. The maximum atomic E-state index is 13.2. The quantitative estimate of drug-likeness (QED) is 0.131. The third-order valence-corrected chi connectivity index (χ3v) is 7.99. The van der Waals surface area contributed by atoms with Gasteiger partial charge in [-0.25, -0.2) is 8.61 Å². The van der Waals surface area contributed by atoms with Crippen LogP contribution >= 0.6 is 0 Å². The number of rotatable bonds is 18. The first-order chi connectivity index (χ1) is 17.5. The smallest absolute Gasteiger partial charge is 0.380 e. The Balaban J connectivity index is 5.81. The minimum Gasteiger partial charge on any atom is -0.380 e. The van der Waals surface area contributed by atoms with E-state index in [9.17, 15) is 52.8 Å². The van der Waals surface area contributed by atoms with E-state index in [1.165, 1.54) is 0 Å². The van der Waals surface area contributed by atoms with Gasteiger partial charge in [0.05, 0.1) is 26.3 Å². The van der Waals surface area contributed by atoms with Gasteiger partial charge in [-0.3, -0.25) is 9.59 Å². The summed E-state index contributed by atoms with van der Waals surface area (Å²) in [6.45, 7) is -0.697. The second-order valence-electron chi connectivity index (χ2n) is 8.00. The molecule has 38 heavy (non-hydrogen) atoms. The number of carbonyl (C=O) groups is 2.